The summed E-state index contributed by atoms with van der Waals surface area (Å²) in [6.07, 6.45) is -0.479. The van der Waals surface area contributed by atoms with Crippen molar-refractivity contribution < 1.29 is 24.5 Å². The molecule has 0 bridgehead atoms. The van der Waals surface area contributed by atoms with Crippen LogP contribution in [0, 0.1) is 11.3 Å². The van der Waals surface area contributed by atoms with Crippen molar-refractivity contribution in [1.82, 2.24) is 19.5 Å². The lowest BCUT2D eigenvalue weighted by atomic mass is 9.92. The van der Waals surface area contributed by atoms with Gasteiger partial charge >= 0.3 is 6.09 Å². The SMILES string of the molecule is N#C[C@@]1(c2ccc3c(N)ncnn23)O[C@H](COC(=O)N2CCCCC2)[C@@H](O)[C@H]1O. The summed E-state index contributed by atoms with van der Waals surface area (Å²) in [5, 5.41) is 35.1. The highest BCUT2D eigenvalue weighted by Gasteiger charge is 2.57. The molecule has 0 unspecified atom stereocenters. The number of anilines is 1. The lowest BCUT2D eigenvalue weighted by Gasteiger charge is -2.27. The molecule has 0 aromatic carbocycles. The summed E-state index contributed by atoms with van der Waals surface area (Å²) in [5.74, 6) is 0.194. The number of fused-ring (bicyclic) bond motifs is 1. The van der Waals surface area contributed by atoms with E-state index in [1.807, 2.05) is 6.07 Å². The monoisotopic (exact) mass is 402 g/mol. The second kappa shape index (κ2) is 7.47. The number of aliphatic hydroxyl groups excluding tert-OH is 2. The van der Waals surface area contributed by atoms with Gasteiger partial charge in [0, 0.05) is 13.1 Å². The number of ether oxygens (including phenoxy) is 2. The van der Waals surface area contributed by atoms with E-state index in [1.165, 1.54) is 16.9 Å². The van der Waals surface area contributed by atoms with Gasteiger partial charge in [0.2, 0.25) is 5.60 Å². The number of amides is 1. The fourth-order valence-electron chi connectivity index (χ4n) is 3.87. The summed E-state index contributed by atoms with van der Waals surface area (Å²) in [4.78, 5) is 17.7. The molecule has 2 aromatic rings. The third-order valence-electron chi connectivity index (χ3n) is 5.47. The molecular weight excluding hydrogens is 380 g/mol. The van der Waals surface area contributed by atoms with Crippen molar-refractivity contribution in [3.05, 3.63) is 24.2 Å². The molecule has 11 heteroatoms. The number of nitriles is 1. The first-order valence-corrected chi connectivity index (χ1v) is 9.43. The number of hydrogen-bond donors (Lipinski definition) is 3. The van der Waals surface area contributed by atoms with Gasteiger partial charge in [0.05, 0.1) is 5.69 Å². The van der Waals surface area contributed by atoms with Crippen molar-refractivity contribution in [2.75, 3.05) is 25.4 Å². The summed E-state index contributed by atoms with van der Waals surface area (Å²) in [6.45, 7) is 0.946. The molecule has 2 aromatic heterocycles. The van der Waals surface area contributed by atoms with Gasteiger partial charge in [0.15, 0.2) is 5.82 Å². The molecule has 154 valence electrons. The van der Waals surface area contributed by atoms with Crippen LogP contribution >= 0.6 is 0 Å². The zero-order valence-corrected chi connectivity index (χ0v) is 15.6. The van der Waals surface area contributed by atoms with Crippen LogP contribution in [0.15, 0.2) is 18.5 Å². The van der Waals surface area contributed by atoms with Gasteiger partial charge in [-0.3, -0.25) is 0 Å². The number of hydrogen-bond acceptors (Lipinski definition) is 9. The van der Waals surface area contributed by atoms with Crippen LogP contribution in [0.3, 0.4) is 0 Å². The van der Waals surface area contributed by atoms with Crippen LogP contribution < -0.4 is 5.73 Å². The minimum Gasteiger partial charge on any atom is -0.447 e. The third-order valence-corrected chi connectivity index (χ3v) is 5.47. The van der Waals surface area contributed by atoms with Gasteiger partial charge in [-0.05, 0) is 31.4 Å². The van der Waals surface area contributed by atoms with Gasteiger partial charge in [0.1, 0.15) is 42.8 Å². The van der Waals surface area contributed by atoms with E-state index < -0.39 is 30.0 Å². The lowest BCUT2D eigenvalue weighted by molar-refractivity contribution is -0.0684. The first-order valence-electron chi connectivity index (χ1n) is 9.43. The smallest absolute Gasteiger partial charge is 0.409 e. The number of rotatable bonds is 3. The van der Waals surface area contributed by atoms with Crippen LogP contribution in [-0.4, -0.2) is 73.8 Å². The highest BCUT2D eigenvalue weighted by molar-refractivity contribution is 5.68. The molecule has 2 saturated heterocycles. The van der Waals surface area contributed by atoms with Crippen molar-refractivity contribution in [2.45, 2.75) is 43.2 Å². The van der Waals surface area contributed by atoms with Crippen LogP contribution in [0.25, 0.3) is 5.52 Å². The van der Waals surface area contributed by atoms with E-state index in [9.17, 15) is 20.3 Å². The van der Waals surface area contributed by atoms with Gasteiger partial charge in [-0.15, -0.1) is 0 Å². The Labute approximate surface area is 166 Å². The third kappa shape index (κ3) is 3.15. The Morgan fingerprint density at radius 1 is 1.38 bits per heavy atom. The van der Waals surface area contributed by atoms with Gasteiger partial charge in [-0.25, -0.2) is 14.3 Å². The molecule has 1 amide bonds. The van der Waals surface area contributed by atoms with Crippen molar-refractivity contribution >= 4 is 17.4 Å². The summed E-state index contributed by atoms with van der Waals surface area (Å²) >= 11 is 0. The van der Waals surface area contributed by atoms with Crippen LogP contribution in [0.5, 0.6) is 0 Å². The van der Waals surface area contributed by atoms with E-state index in [1.54, 1.807) is 11.0 Å². The number of nitrogen functional groups attached to an aromatic ring is 1. The van der Waals surface area contributed by atoms with Crippen molar-refractivity contribution in [3.63, 3.8) is 0 Å². The molecule has 11 nitrogen and oxygen atoms in total. The standard InChI is InChI=1S/C18H22N6O5/c19-9-18(13-5-4-11-16(20)21-10-22-24(11)13)15(26)14(25)12(29-18)8-28-17(27)23-6-2-1-3-7-23/h4-5,10,12,14-15,25-26H,1-3,6-8H2,(H2,20,21,22)/t12-,14-,15-,18+/m1/s1. The fraction of sp³-hybridized carbons (Fsp3) is 0.556. The van der Waals surface area contributed by atoms with Crippen LogP contribution in [-0.2, 0) is 15.1 Å². The number of carbonyl (C=O) groups excluding carboxylic acids is 1. The largest absolute Gasteiger partial charge is 0.447 e. The maximum atomic E-state index is 12.2. The number of nitrogens with two attached hydrogens (primary N) is 1. The number of carbonyl (C=O) groups is 1. The molecule has 29 heavy (non-hydrogen) atoms. The molecule has 4 heterocycles. The number of aliphatic hydroxyl groups is 2. The Hall–Kier alpha value is -2.94. The van der Waals surface area contributed by atoms with E-state index in [-0.39, 0.29) is 18.1 Å². The highest BCUT2D eigenvalue weighted by Crippen LogP contribution is 2.40. The van der Waals surface area contributed by atoms with Gasteiger partial charge in [0.25, 0.3) is 0 Å². The highest BCUT2D eigenvalue weighted by atomic mass is 16.6. The predicted octanol–water partition coefficient (Wildman–Crippen LogP) is -0.227. The van der Waals surface area contributed by atoms with E-state index in [0.717, 1.165) is 19.3 Å². The second-order valence-corrected chi connectivity index (χ2v) is 7.22. The van der Waals surface area contributed by atoms with E-state index in [4.69, 9.17) is 15.2 Å². The average molecular weight is 402 g/mol. The Morgan fingerprint density at radius 3 is 2.86 bits per heavy atom. The molecule has 0 saturated carbocycles. The fourth-order valence-corrected chi connectivity index (χ4v) is 3.87. The first-order chi connectivity index (χ1) is 14.0. The molecule has 2 aliphatic rings. The minimum atomic E-state index is -1.91. The predicted molar refractivity (Wildman–Crippen MR) is 98.3 cm³/mol. The Morgan fingerprint density at radius 2 is 2.14 bits per heavy atom. The molecule has 0 aliphatic carbocycles. The molecule has 4 rings (SSSR count). The van der Waals surface area contributed by atoms with Crippen LogP contribution in [0.2, 0.25) is 0 Å². The topological polar surface area (TPSA) is 159 Å². The minimum absolute atomic E-state index is 0.194. The van der Waals surface area contributed by atoms with Crippen molar-refractivity contribution in [2.24, 2.45) is 0 Å². The summed E-state index contributed by atoms with van der Waals surface area (Å²) < 4.78 is 12.4. The van der Waals surface area contributed by atoms with Gasteiger partial charge < -0.3 is 30.3 Å². The summed E-state index contributed by atoms with van der Waals surface area (Å²) in [6, 6.07) is 5.07. The van der Waals surface area contributed by atoms with Crippen molar-refractivity contribution in [1.29, 1.82) is 5.26 Å². The number of aromatic nitrogens is 3. The van der Waals surface area contributed by atoms with E-state index in [0.29, 0.717) is 18.6 Å². The first kappa shape index (κ1) is 19.4. The van der Waals surface area contributed by atoms with E-state index >= 15 is 0 Å². The molecule has 2 fully saturated rings. The Kier molecular flexibility index (Phi) is 4.99. The summed E-state index contributed by atoms with van der Waals surface area (Å²) in [5.41, 5.74) is 4.54. The van der Waals surface area contributed by atoms with Crippen LogP contribution in [0.1, 0.15) is 25.0 Å². The number of piperidine rings is 1. The zero-order chi connectivity index (χ0) is 20.6. The average Bonchev–Trinajstić information content (AvgIpc) is 3.29. The van der Waals surface area contributed by atoms with Gasteiger partial charge in [-0.1, -0.05) is 0 Å². The normalized spacial score (nSPS) is 29.7. The van der Waals surface area contributed by atoms with E-state index in [2.05, 4.69) is 10.1 Å². The Balaban J connectivity index is 1.55. The molecular formula is C18H22N6O5. The quantitative estimate of drug-likeness (QED) is 0.630. The lowest BCUT2D eigenvalue weighted by Crippen LogP contribution is -2.41. The molecule has 0 spiro atoms. The molecule has 4 N–H and O–H groups in total. The Bertz CT molecular complexity index is 952. The van der Waals surface area contributed by atoms with Crippen LogP contribution in [0.4, 0.5) is 10.6 Å². The number of likely N-dealkylation sites (tertiary alicyclic amines) is 1. The number of nitrogens with zero attached hydrogens (tertiary/aromatic N) is 5. The zero-order valence-electron chi connectivity index (χ0n) is 15.6. The molecule has 4 atom stereocenters. The van der Waals surface area contributed by atoms with Gasteiger partial charge in [-0.2, -0.15) is 10.4 Å². The second-order valence-electron chi connectivity index (χ2n) is 7.22. The van der Waals surface area contributed by atoms with Crippen molar-refractivity contribution in [3.8, 4) is 6.07 Å². The maximum Gasteiger partial charge on any atom is 0.409 e. The molecule has 0 radical (unpaired) electrons. The summed E-state index contributed by atoms with van der Waals surface area (Å²) in [7, 11) is 0. The molecule has 2 aliphatic heterocycles. The maximum absolute atomic E-state index is 12.2.